The number of nitro benzene ring substituents is 1. The molecular weight excluding hydrogens is 456 g/mol. The molecule has 0 unspecified atom stereocenters. The summed E-state index contributed by atoms with van der Waals surface area (Å²) in [6.45, 7) is 1.26. The number of ether oxygens (including phenoxy) is 1. The van der Waals surface area contributed by atoms with Crippen molar-refractivity contribution in [1.29, 1.82) is 0 Å². The van der Waals surface area contributed by atoms with Crippen molar-refractivity contribution in [2.45, 2.75) is 19.0 Å². The van der Waals surface area contributed by atoms with E-state index in [2.05, 4.69) is 5.10 Å². The summed E-state index contributed by atoms with van der Waals surface area (Å²) in [4.78, 5) is 63.4. The van der Waals surface area contributed by atoms with Crippen LogP contribution in [-0.4, -0.2) is 51.8 Å². The number of carbonyl (C=O) groups excluding carboxylic acids is 4. The number of nitro groups is 1. The Morgan fingerprint density at radius 3 is 2.46 bits per heavy atom. The van der Waals surface area contributed by atoms with E-state index in [1.54, 1.807) is 12.2 Å². The largest absolute Gasteiger partial charge is 0.427 e. The molecule has 0 bridgehead atoms. The van der Waals surface area contributed by atoms with E-state index in [1.165, 1.54) is 60.6 Å². The smallest absolute Gasteiger partial charge is 0.308 e. The van der Waals surface area contributed by atoms with Crippen LogP contribution in [0.3, 0.4) is 0 Å². The molecule has 4 atom stereocenters. The monoisotopic (exact) mass is 474 g/mol. The molecule has 2 aromatic carbocycles. The first-order valence-electron chi connectivity index (χ1n) is 10.7. The average Bonchev–Trinajstić information content (AvgIpc) is 3.31. The van der Waals surface area contributed by atoms with Gasteiger partial charge in [-0.2, -0.15) is 5.10 Å². The Morgan fingerprint density at radius 2 is 1.77 bits per heavy atom. The van der Waals surface area contributed by atoms with Gasteiger partial charge in [0.05, 0.1) is 28.5 Å². The molecule has 2 amide bonds. The van der Waals surface area contributed by atoms with Crippen molar-refractivity contribution in [2.24, 2.45) is 16.9 Å². The highest BCUT2D eigenvalue weighted by Gasteiger charge is 2.64. The third kappa shape index (κ3) is 3.57. The number of ketones is 1. The molecule has 5 rings (SSSR count). The summed E-state index contributed by atoms with van der Waals surface area (Å²) in [6.07, 6.45) is 4.82. The summed E-state index contributed by atoms with van der Waals surface area (Å²) in [5, 5.41) is 16.9. The van der Waals surface area contributed by atoms with Crippen molar-refractivity contribution >= 4 is 41.2 Å². The molecule has 0 spiro atoms. The lowest BCUT2D eigenvalue weighted by Gasteiger charge is -2.30. The van der Waals surface area contributed by atoms with E-state index >= 15 is 0 Å². The standard InChI is InChI=1S/C24H18N4O7/c1-13(29)35-17-9-7-15(8-10-17)26-23(31)19-18-6-3-11-25-27(18)21(20(19)24(26)32)22(30)14-4-2-5-16(12-14)28(33)34/h2-12,18-21H,1H3/t18-,19-,20+,21-/m0/s1. The number of rotatable bonds is 5. The zero-order valence-corrected chi connectivity index (χ0v) is 18.3. The van der Waals surface area contributed by atoms with Gasteiger partial charge in [-0.3, -0.25) is 34.3 Å². The number of anilines is 1. The van der Waals surface area contributed by atoms with E-state index in [0.29, 0.717) is 0 Å². The van der Waals surface area contributed by atoms with Gasteiger partial charge in [-0.15, -0.1) is 0 Å². The van der Waals surface area contributed by atoms with Crippen molar-refractivity contribution in [3.8, 4) is 5.75 Å². The van der Waals surface area contributed by atoms with Crippen LogP contribution in [0.4, 0.5) is 11.4 Å². The zero-order chi connectivity index (χ0) is 24.9. The van der Waals surface area contributed by atoms with Crippen LogP contribution in [0.5, 0.6) is 5.75 Å². The zero-order valence-electron chi connectivity index (χ0n) is 18.3. The van der Waals surface area contributed by atoms with E-state index in [-0.39, 0.29) is 22.7 Å². The van der Waals surface area contributed by atoms with E-state index in [0.717, 1.165) is 11.0 Å². The highest BCUT2D eigenvalue weighted by Crippen LogP contribution is 2.46. The minimum atomic E-state index is -1.12. The summed E-state index contributed by atoms with van der Waals surface area (Å²) in [7, 11) is 0. The van der Waals surface area contributed by atoms with Gasteiger partial charge in [-0.05, 0) is 30.3 Å². The molecule has 0 N–H and O–H groups in total. The molecule has 2 saturated heterocycles. The van der Waals surface area contributed by atoms with Crippen LogP contribution in [0.2, 0.25) is 0 Å². The SMILES string of the molecule is CC(=O)Oc1ccc(N2C(=O)[C@@H]3[C@@H](C2=O)[C@@H]2C=CC=NN2[C@@H]3C(=O)c2cccc([N+](=O)[O-])c2)cc1. The Morgan fingerprint density at radius 1 is 1.06 bits per heavy atom. The third-order valence-electron chi connectivity index (χ3n) is 6.26. The van der Waals surface area contributed by atoms with Crippen LogP contribution < -0.4 is 9.64 Å². The van der Waals surface area contributed by atoms with Gasteiger partial charge in [-0.25, -0.2) is 4.90 Å². The molecule has 2 fully saturated rings. The fourth-order valence-electron chi connectivity index (χ4n) is 4.86. The van der Waals surface area contributed by atoms with Gasteiger partial charge in [-0.1, -0.05) is 18.2 Å². The molecule has 0 aliphatic carbocycles. The van der Waals surface area contributed by atoms with Crippen molar-refractivity contribution < 1.29 is 28.8 Å². The number of amides is 2. The van der Waals surface area contributed by atoms with Crippen molar-refractivity contribution in [3.05, 3.63) is 76.4 Å². The molecular formula is C24H18N4O7. The maximum atomic E-state index is 13.6. The normalized spacial score (nSPS) is 24.4. The molecule has 2 aromatic rings. The highest BCUT2D eigenvalue weighted by molar-refractivity contribution is 6.24. The third-order valence-corrected chi connectivity index (χ3v) is 6.26. The maximum absolute atomic E-state index is 13.6. The first kappa shape index (κ1) is 22.1. The molecule has 0 radical (unpaired) electrons. The number of benzene rings is 2. The first-order chi connectivity index (χ1) is 16.8. The van der Waals surface area contributed by atoms with Gasteiger partial charge in [0.1, 0.15) is 11.8 Å². The predicted molar refractivity (Wildman–Crippen MR) is 122 cm³/mol. The summed E-state index contributed by atoms with van der Waals surface area (Å²) in [5.74, 6) is -3.73. The molecule has 35 heavy (non-hydrogen) atoms. The Hall–Kier alpha value is -4.67. The molecule has 0 saturated carbocycles. The Bertz CT molecular complexity index is 1330. The van der Waals surface area contributed by atoms with Gasteiger partial charge in [0, 0.05) is 30.8 Å². The molecule has 3 aliphatic heterocycles. The number of hydrogen-bond donors (Lipinski definition) is 0. The van der Waals surface area contributed by atoms with Crippen LogP contribution >= 0.6 is 0 Å². The molecule has 11 nitrogen and oxygen atoms in total. The lowest BCUT2D eigenvalue weighted by molar-refractivity contribution is -0.384. The van der Waals surface area contributed by atoms with Crippen LogP contribution in [0.15, 0.2) is 65.8 Å². The molecule has 3 heterocycles. The number of imide groups is 1. The Balaban J connectivity index is 1.52. The number of nitrogens with zero attached hydrogens (tertiary/aromatic N) is 4. The lowest BCUT2D eigenvalue weighted by atomic mass is 9.86. The van der Waals surface area contributed by atoms with E-state index < -0.39 is 52.4 Å². The molecule has 3 aliphatic rings. The van der Waals surface area contributed by atoms with Gasteiger partial charge < -0.3 is 4.74 Å². The van der Waals surface area contributed by atoms with Crippen LogP contribution in [0.25, 0.3) is 0 Å². The van der Waals surface area contributed by atoms with Gasteiger partial charge in [0.15, 0.2) is 5.78 Å². The van der Waals surface area contributed by atoms with Crippen LogP contribution in [0.1, 0.15) is 17.3 Å². The number of Topliss-reactive ketones (excluding diaryl/α,β-unsaturated/α-hetero) is 1. The first-order valence-corrected chi connectivity index (χ1v) is 10.7. The lowest BCUT2D eigenvalue weighted by Crippen LogP contribution is -2.46. The second-order valence-corrected chi connectivity index (χ2v) is 8.29. The Kier molecular flexibility index (Phi) is 5.24. The fraction of sp³-hybridized carbons (Fsp3) is 0.208. The van der Waals surface area contributed by atoms with Crippen molar-refractivity contribution in [2.75, 3.05) is 4.90 Å². The number of non-ortho nitro benzene ring substituents is 1. The average molecular weight is 474 g/mol. The second kappa shape index (κ2) is 8.28. The number of esters is 1. The predicted octanol–water partition coefficient (Wildman–Crippen LogP) is 2.12. The van der Waals surface area contributed by atoms with Gasteiger partial charge >= 0.3 is 5.97 Å². The second-order valence-electron chi connectivity index (χ2n) is 8.29. The maximum Gasteiger partial charge on any atom is 0.308 e. The number of hydrazone groups is 1. The summed E-state index contributed by atoms with van der Waals surface area (Å²) < 4.78 is 5.00. The van der Waals surface area contributed by atoms with E-state index in [4.69, 9.17) is 4.74 Å². The number of allylic oxidation sites excluding steroid dienone is 1. The number of hydrogen-bond acceptors (Lipinski definition) is 9. The minimum absolute atomic E-state index is 0.0535. The fourth-order valence-corrected chi connectivity index (χ4v) is 4.86. The quantitative estimate of drug-likeness (QED) is 0.160. The van der Waals surface area contributed by atoms with Gasteiger partial charge in [0.2, 0.25) is 11.8 Å². The summed E-state index contributed by atoms with van der Waals surface area (Å²) in [6, 6.07) is 9.42. The van der Waals surface area contributed by atoms with E-state index in [9.17, 15) is 29.3 Å². The molecule has 0 aromatic heterocycles. The van der Waals surface area contributed by atoms with Crippen LogP contribution in [-0.2, 0) is 14.4 Å². The number of carbonyl (C=O) groups is 4. The van der Waals surface area contributed by atoms with Crippen molar-refractivity contribution in [3.63, 3.8) is 0 Å². The molecule has 176 valence electrons. The molecule has 11 heteroatoms. The number of fused-ring (bicyclic) bond motifs is 3. The van der Waals surface area contributed by atoms with Crippen molar-refractivity contribution in [1.82, 2.24) is 5.01 Å². The van der Waals surface area contributed by atoms with Crippen LogP contribution in [0, 0.1) is 22.0 Å². The Labute approximate surface area is 198 Å². The highest BCUT2D eigenvalue weighted by atomic mass is 16.6. The van der Waals surface area contributed by atoms with Gasteiger partial charge in [0.25, 0.3) is 5.69 Å². The topological polar surface area (TPSA) is 139 Å². The summed E-state index contributed by atoms with van der Waals surface area (Å²) in [5.41, 5.74) is 0.0757. The van der Waals surface area contributed by atoms with E-state index in [1.807, 2.05) is 0 Å². The summed E-state index contributed by atoms with van der Waals surface area (Å²) >= 11 is 0. The minimum Gasteiger partial charge on any atom is -0.427 e.